The molecule has 3 nitrogen and oxygen atoms in total. The summed E-state index contributed by atoms with van der Waals surface area (Å²) in [5.41, 5.74) is 0.930. The van der Waals surface area contributed by atoms with E-state index in [1.165, 1.54) is 19.2 Å². The molecule has 2 rings (SSSR count). The molecule has 2 N–H and O–H groups in total. The minimum Gasteiger partial charge on any atom is -0.390 e. The van der Waals surface area contributed by atoms with Crippen LogP contribution >= 0.6 is 0 Å². The van der Waals surface area contributed by atoms with Gasteiger partial charge in [0.05, 0.1) is 12.2 Å². The number of ether oxygens (including phenoxy) is 1. The summed E-state index contributed by atoms with van der Waals surface area (Å²) in [5.74, 6) is -1.10. The lowest BCUT2D eigenvalue weighted by Gasteiger charge is -2.36. The van der Waals surface area contributed by atoms with Crippen LogP contribution in [0.25, 0.3) is 0 Å². The summed E-state index contributed by atoms with van der Waals surface area (Å²) in [6.45, 7) is 2.55. The molecule has 19 heavy (non-hydrogen) atoms. The van der Waals surface area contributed by atoms with Gasteiger partial charge in [0.2, 0.25) is 0 Å². The van der Waals surface area contributed by atoms with E-state index in [4.69, 9.17) is 4.74 Å². The Morgan fingerprint density at radius 3 is 2.74 bits per heavy atom. The molecule has 1 aromatic carbocycles. The number of piperidine rings is 1. The first-order chi connectivity index (χ1) is 9.02. The highest BCUT2D eigenvalue weighted by molar-refractivity contribution is 5.26. The Balaban J connectivity index is 2.20. The topological polar surface area (TPSA) is 41.5 Å². The molecule has 1 fully saturated rings. The van der Waals surface area contributed by atoms with Crippen LogP contribution in [-0.2, 0) is 4.74 Å². The first-order valence-electron chi connectivity index (χ1n) is 6.35. The molecule has 5 heteroatoms. The number of nitrogens with one attached hydrogen (secondary N) is 1. The van der Waals surface area contributed by atoms with Gasteiger partial charge in [0.1, 0.15) is 12.0 Å². The van der Waals surface area contributed by atoms with E-state index in [1.54, 1.807) is 13.0 Å². The van der Waals surface area contributed by atoms with Crippen LogP contribution in [0.1, 0.15) is 17.3 Å². The van der Waals surface area contributed by atoms with E-state index in [1.807, 2.05) is 0 Å². The van der Waals surface area contributed by atoms with E-state index >= 15 is 0 Å². The fraction of sp³-hybridized carbons (Fsp3) is 0.571. The quantitative estimate of drug-likeness (QED) is 0.880. The third-order valence-electron chi connectivity index (χ3n) is 3.61. The van der Waals surface area contributed by atoms with Gasteiger partial charge >= 0.3 is 0 Å². The van der Waals surface area contributed by atoms with Crippen LogP contribution in [0.15, 0.2) is 18.2 Å². The van der Waals surface area contributed by atoms with E-state index < -0.39 is 30.1 Å². The van der Waals surface area contributed by atoms with Gasteiger partial charge < -0.3 is 15.2 Å². The van der Waals surface area contributed by atoms with Gasteiger partial charge in [-0.2, -0.15) is 0 Å². The van der Waals surface area contributed by atoms with Crippen molar-refractivity contribution in [1.29, 1.82) is 0 Å². The lowest BCUT2D eigenvalue weighted by molar-refractivity contribution is -0.0759. The molecule has 1 aliphatic heterocycles. The first-order valence-corrected chi connectivity index (χ1v) is 6.35. The number of aryl methyl sites for hydroxylation is 1. The van der Waals surface area contributed by atoms with Gasteiger partial charge in [-0.15, -0.1) is 0 Å². The minimum absolute atomic E-state index is 0.264. The predicted molar refractivity (Wildman–Crippen MR) is 68.1 cm³/mol. The lowest BCUT2D eigenvalue weighted by atomic mass is 9.86. The summed E-state index contributed by atoms with van der Waals surface area (Å²) in [7, 11) is 1.48. The number of hydrogen-bond donors (Lipinski definition) is 2. The Bertz CT molecular complexity index is 421. The predicted octanol–water partition coefficient (Wildman–Crippen LogP) is 1.74. The number of methoxy groups -OCH3 is 1. The molecule has 106 valence electrons. The molecule has 1 aliphatic rings. The average Bonchev–Trinajstić information content (AvgIpc) is 2.37. The monoisotopic (exact) mass is 271 g/mol. The van der Waals surface area contributed by atoms with Crippen molar-refractivity contribution < 1.29 is 18.6 Å². The number of alkyl halides is 1. The van der Waals surface area contributed by atoms with Crippen LogP contribution in [0.2, 0.25) is 0 Å². The molecule has 1 saturated heterocycles. The molecule has 0 bridgehead atoms. The SMILES string of the molecule is CO[C@@H]1CNCC(C(F)c2cc(C)cc(F)c2)[C@H]1O. The standard InChI is InChI=1S/C14H19F2NO2/c1-8-3-9(5-10(15)4-8)13(16)11-6-17-7-12(19-2)14(11)18/h3-5,11-14,17-18H,6-7H2,1-2H3/t11?,12-,13?,14-/m1/s1. The molecule has 0 amide bonds. The molecule has 1 aromatic rings. The van der Waals surface area contributed by atoms with Gasteiger partial charge in [-0.3, -0.25) is 0 Å². The van der Waals surface area contributed by atoms with Crippen molar-refractivity contribution in [3.8, 4) is 0 Å². The first kappa shape index (κ1) is 14.4. The Kier molecular flexibility index (Phi) is 4.50. The van der Waals surface area contributed by atoms with Gasteiger partial charge in [-0.05, 0) is 30.2 Å². The van der Waals surface area contributed by atoms with Crippen molar-refractivity contribution in [2.45, 2.75) is 25.3 Å². The van der Waals surface area contributed by atoms with Crippen LogP contribution in [0.4, 0.5) is 8.78 Å². The molecule has 0 aliphatic carbocycles. The van der Waals surface area contributed by atoms with Gasteiger partial charge in [-0.25, -0.2) is 8.78 Å². The summed E-state index contributed by atoms with van der Waals surface area (Å²) in [6.07, 6.45) is -2.76. The minimum atomic E-state index is -1.42. The second-order valence-electron chi connectivity index (χ2n) is 5.05. The molecular formula is C14H19F2NO2. The Morgan fingerprint density at radius 1 is 1.37 bits per heavy atom. The van der Waals surface area contributed by atoms with Crippen molar-refractivity contribution in [2.75, 3.05) is 20.2 Å². The zero-order valence-corrected chi connectivity index (χ0v) is 11.1. The van der Waals surface area contributed by atoms with Crippen LogP contribution in [0.3, 0.4) is 0 Å². The summed E-state index contributed by atoms with van der Waals surface area (Å²) >= 11 is 0. The molecule has 4 atom stereocenters. The van der Waals surface area contributed by atoms with Crippen LogP contribution in [0, 0.1) is 18.7 Å². The van der Waals surface area contributed by atoms with Gasteiger partial charge in [0.25, 0.3) is 0 Å². The molecule has 0 spiro atoms. The molecule has 2 unspecified atom stereocenters. The highest BCUT2D eigenvalue weighted by Gasteiger charge is 2.37. The number of halogens is 2. The maximum absolute atomic E-state index is 14.5. The highest BCUT2D eigenvalue weighted by atomic mass is 19.1. The summed E-state index contributed by atoms with van der Waals surface area (Å²) in [6, 6.07) is 4.14. The molecule has 0 saturated carbocycles. The van der Waals surface area contributed by atoms with E-state index in [0.29, 0.717) is 18.7 Å². The second kappa shape index (κ2) is 5.94. The zero-order chi connectivity index (χ0) is 14.0. The summed E-state index contributed by atoms with van der Waals surface area (Å²) in [4.78, 5) is 0. The summed E-state index contributed by atoms with van der Waals surface area (Å²) in [5, 5.41) is 13.1. The van der Waals surface area contributed by atoms with Crippen LogP contribution in [0.5, 0.6) is 0 Å². The average molecular weight is 271 g/mol. The summed E-state index contributed by atoms with van der Waals surface area (Å²) < 4.78 is 33.0. The van der Waals surface area contributed by atoms with Crippen LogP contribution < -0.4 is 5.32 Å². The van der Waals surface area contributed by atoms with E-state index in [-0.39, 0.29) is 5.56 Å². The van der Waals surface area contributed by atoms with Crippen LogP contribution in [-0.4, -0.2) is 37.5 Å². The largest absolute Gasteiger partial charge is 0.390 e. The lowest BCUT2D eigenvalue weighted by Crippen LogP contribution is -2.52. The number of aliphatic hydroxyl groups is 1. The molecular weight excluding hydrogens is 252 g/mol. The maximum atomic E-state index is 14.5. The third kappa shape index (κ3) is 3.11. The van der Waals surface area contributed by atoms with E-state index in [9.17, 15) is 13.9 Å². The number of aliphatic hydroxyl groups excluding tert-OH is 1. The number of rotatable bonds is 3. The van der Waals surface area contributed by atoms with Crippen molar-refractivity contribution in [1.82, 2.24) is 5.32 Å². The maximum Gasteiger partial charge on any atom is 0.132 e. The van der Waals surface area contributed by atoms with Crippen molar-refractivity contribution in [3.05, 3.63) is 35.1 Å². The fourth-order valence-corrected chi connectivity index (χ4v) is 2.58. The molecule has 0 aromatic heterocycles. The normalized spacial score (nSPS) is 29.2. The molecule has 1 heterocycles. The smallest absolute Gasteiger partial charge is 0.132 e. The number of hydrogen-bond acceptors (Lipinski definition) is 3. The third-order valence-corrected chi connectivity index (χ3v) is 3.61. The van der Waals surface area contributed by atoms with Gasteiger partial charge in [0, 0.05) is 26.1 Å². The Hall–Kier alpha value is -1.04. The van der Waals surface area contributed by atoms with Crippen molar-refractivity contribution in [3.63, 3.8) is 0 Å². The van der Waals surface area contributed by atoms with Gasteiger partial charge in [0.15, 0.2) is 0 Å². The van der Waals surface area contributed by atoms with E-state index in [0.717, 1.165) is 0 Å². The Labute approximate surface area is 111 Å². The second-order valence-corrected chi connectivity index (χ2v) is 5.05. The Morgan fingerprint density at radius 2 is 2.11 bits per heavy atom. The van der Waals surface area contributed by atoms with E-state index in [2.05, 4.69) is 5.32 Å². The van der Waals surface area contributed by atoms with Crippen molar-refractivity contribution >= 4 is 0 Å². The van der Waals surface area contributed by atoms with Gasteiger partial charge in [-0.1, -0.05) is 6.07 Å². The molecule has 0 radical (unpaired) electrons. The number of benzene rings is 1. The van der Waals surface area contributed by atoms with Crippen molar-refractivity contribution in [2.24, 2.45) is 5.92 Å². The zero-order valence-electron chi connectivity index (χ0n) is 11.1. The highest BCUT2D eigenvalue weighted by Crippen LogP contribution is 2.32. The fourth-order valence-electron chi connectivity index (χ4n) is 2.58.